The minimum atomic E-state index is -0.852. The van der Waals surface area contributed by atoms with Crippen molar-refractivity contribution in [3.8, 4) is 5.75 Å². The number of carbonyl (C=O) groups is 1. The van der Waals surface area contributed by atoms with E-state index in [0.717, 1.165) is 17.5 Å². The van der Waals surface area contributed by atoms with Crippen molar-refractivity contribution in [1.29, 1.82) is 0 Å². The maximum absolute atomic E-state index is 12.1. The van der Waals surface area contributed by atoms with Crippen molar-refractivity contribution in [2.75, 3.05) is 6.54 Å². The molecule has 0 aromatic heterocycles. The molecule has 3 N–H and O–H groups in total. The summed E-state index contributed by atoms with van der Waals surface area (Å²) in [5, 5.41) is 10.6. The first kappa shape index (κ1) is 13.9. The topological polar surface area (TPSA) is 75.8 Å². The van der Waals surface area contributed by atoms with Gasteiger partial charge in [-0.2, -0.15) is 0 Å². The van der Waals surface area contributed by atoms with Crippen molar-refractivity contribution in [2.45, 2.75) is 38.8 Å². The lowest BCUT2D eigenvalue weighted by Crippen LogP contribution is -2.39. The van der Waals surface area contributed by atoms with Crippen LogP contribution in [0.2, 0.25) is 0 Å². The van der Waals surface area contributed by atoms with E-state index in [1.54, 1.807) is 18.7 Å². The zero-order valence-corrected chi connectivity index (χ0v) is 12.3. The molecule has 2 heterocycles. The summed E-state index contributed by atoms with van der Waals surface area (Å²) < 4.78 is 5.87. The van der Waals surface area contributed by atoms with Crippen LogP contribution in [0.3, 0.4) is 0 Å². The maximum Gasteiger partial charge on any atom is 0.227 e. The largest absolute Gasteiger partial charge is 0.506 e. The van der Waals surface area contributed by atoms with Crippen LogP contribution in [-0.2, 0) is 11.3 Å². The highest BCUT2D eigenvalue weighted by molar-refractivity contribution is 5.91. The number of nitrogens with two attached hydrogens (primary N) is 1. The van der Waals surface area contributed by atoms with Gasteiger partial charge in [0.05, 0.1) is 5.70 Å². The molecule has 5 heteroatoms. The third kappa shape index (κ3) is 2.17. The summed E-state index contributed by atoms with van der Waals surface area (Å²) in [6, 6.07) is 5.65. The van der Waals surface area contributed by atoms with E-state index in [0.29, 0.717) is 31.0 Å². The molecule has 0 bridgehead atoms. The molecule has 1 aromatic rings. The number of nitrogens with zero attached hydrogens (tertiary/aromatic N) is 1. The van der Waals surface area contributed by atoms with Gasteiger partial charge in [0.15, 0.2) is 11.4 Å². The highest BCUT2D eigenvalue weighted by Gasteiger charge is 2.40. The molecule has 0 aliphatic carbocycles. The van der Waals surface area contributed by atoms with E-state index in [1.807, 2.05) is 18.2 Å². The molecule has 1 saturated heterocycles. The van der Waals surface area contributed by atoms with Crippen LogP contribution in [0.1, 0.15) is 37.8 Å². The lowest BCUT2D eigenvalue weighted by molar-refractivity contribution is -0.125. The smallest absolute Gasteiger partial charge is 0.227 e. The molecule has 0 spiro atoms. The number of aliphatic hydroxyl groups excluding tert-OH is 1. The zero-order chi connectivity index (χ0) is 15.2. The van der Waals surface area contributed by atoms with Crippen molar-refractivity contribution in [3.63, 3.8) is 0 Å². The van der Waals surface area contributed by atoms with Crippen molar-refractivity contribution in [3.05, 3.63) is 35.1 Å². The lowest BCUT2D eigenvalue weighted by atomic mass is 9.94. The molecule has 112 valence electrons. The van der Waals surface area contributed by atoms with Crippen LogP contribution in [-0.4, -0.2) is 28.1 Å². The van der Waals surface area contributed by atoms with Gasteiger partial charge < -0.3 is 20.5 Å². The van der Waals surface area contributed by atoms with E-state index in [9.17, 15) is 9.90 Å². The number of fused-ring (bicyclic) bond motifs is 1. The van der Waals surface area contributed by atoms with Gasteiger partial charge in [-0.15, -0.1) is 0 Å². The summed E-state index contributed by atoms with van der Waals surface area (Å²) in [4.78, 5) is 13.8. The van der Waals surface area contributed by atoms with Crippen molar-refractivity contribution in [1.82, 2.24) is 4.90 Å². The molecule has 0 radical (unpaired) electrons. The van der Waals surface area contributed by atoms with Gasteiger partial charge in [-0.05, 0) is 38.0 Å². The third-order valence-electron chi connectivity index (χ3n) is 4.04. The van der Waals surface area contributed by atoms with Crippen LogP contribution in [0.5, 0.6) is 5.75 Å². The number of ether oxygens (including phenoxy) is 1. The van der Waals surface area contributed by atoms with Gasteiger partial charge in [-0.25, -0.2) is 0 Å². The van der Waals surface area contributed by atoms with Gasteiger partial charge in [-0.1, -0.05) is 6.07 Å². The molecular formula is C16H20N2O3. The molecular weight excluding hydrogens is 268 g/mol. The SMILES string of the molecule is CC1(C)Oc2ccc(CN)cc2C(N2CCCC2=O)=C1O. The number of likely N-dealkylation sites (tertiary alicyclic amines) is 1. The van der Waals surface area contributed by atoms with Crippen LogP contribution in [0.15, 0.2) is 24.0 Å². The average molecular weight is 288 g/mol. The number of hydrogen-bond acceptors (Lipinski definition) is 4. The highest BCUT2D eigenvalue weighted by Crippen LogP contribution is 2.42. The minimum Gasteiger partial charge on any atom is -0.506 e. The van der Waals surface area contributed by atoms with Crippen molar-refractivity contribution in [2.24, 2.45) is 5.73 Å². The van der Waals surface area contributed by atoms with Crippen LogP contribution in [0.25, 0.3) is 5.70 Å². The summed E-state index contributed by atoms with van der Waals surface area (Å²) in [5.74, 6) is 0.808. The number of rotatable bonds is 2. The van der Waals surface area contributed by atoms with Crippen molar-refractivity contribution >= 4 is 11.6 Å². The van der Waals surface area contributed by atoms with Crippen LogP contribution >= 0.6 is 0 Å². The van der Waals surface area contributed by atoms with Gasteiger partial charge in [0.25, 0.3) is 0 Å². The number of carbonyl (C=O) groups excluding carboxylic acids is 1. The van der Waals surface area contributed by atoms with Gasteiger partial charge in [-0.3, -0.25) is 4.79 Å². The second-order valence-corrected chi connectivity index (χ2v) is 5.99. The second-order valence-electron chi connectivity index (χ2n) is 5.99. The van der Waals surface area contributed by atoms with E-state index in [1.165, 1.54) is 0 Å². The first-order valence-electron chi connectivity index (χ1n) is 7.20. The fourth-order valence-corrected chi connectivity index (χ4v) is 2.87. The Hall–Kier alpha value is -2.01. The Bertz CT molecular complexity index is 634. The quantitative estimate of drug-likeness (QED) is 0.874. The normalized spacial score (nSPS) is 20.5. The third-order valence-corrected chi connectivity index (χ3v) is 4.04. The summed E-state index contributed by atoms with van der Waals surface area (Å²) in [6.07, 6.45) is 1.33. The van der Waals surface area contributed by atoms with E-state index in [-0.39, 0.29) is 11.7 Å². The van der Waals surface area contributed by atoms with E-state index in [4.69, 9.17) is 10.5 Å². The van der Waals surface area contributed by atoms with Crippen LogP contribution in [0, 0.1) is 0 Å². The molecule has 3 rings (SSSR count). The summed E-state index contributed by atoms with van der Waals surface area (Å²) >= 11 is 0. The molecule has 0 unspecified atom stereocenters. The fourth-order valence-electron chi connectivity index (χ4n) is 2.87. The first-order chi connectivity index (χ1) is 9.94. The molecule has 5 nitrogen and oxygen atoms in total. The monoisotopic (exact) mass is 288 g/mol. The Morgan fingerprint density at radius 2 is 2.19 bits per heavy atom. The van der Waals surface area contributed by atoms with Gasteiger partial charge in [0.2, 0.25) is 5.91 Å². The number of hydrogen-bond donors (Lipinski definition) is 2. The molecule has 1 fully saturated rings. The predicted octanol–water partition coefficient (Wildman–Crippen LogP) is 2.17. The number of aliphatic hydroxyl groups is 1. The van der Waals surface area contributed by atoms with Gasteiger partial charge >= 0.3 is 0 Å². The molecule has 1 amide bonds. The number of benzene rings is 1. The standard InChI is InChI=1S/C16H20N2O3/c1-16(2)15(20)14(18-7-3-4-13(18)19)11-8-10(9-17)5-6-12(11)21-16/h5-6,8,20H,3-4,7,9,17H2,1-2H3. The maximum atomic E-state index is 12.1. The molecule has 1 aromatic carbocycles. The lowest BCUT2D eigenvalue weighted by Gasteiger charge is -2.36. The summed E-state index contributed by atoms with van der Waals surface area (Å²) in [6.45, 7) is 4.62. The Morgan fingerprint density at radius 1 is 1.43 bits per heavy atom. The molecule has 0 atom stereocenters. The summed E-state index contributed by atoms with van der Waals surface area (Å²) in [7, 11) is 0. The Labute approximate surface area is 124 Å². The number of amides is 1. The fraction of sp³-hybridized carbons (Fsp3) is 0.438. The Balaban J connectivity index is 2.19. The zero-order valence-electron chi connectivity index (χ0n) is 12.3. The summed E-state index contributed by atoms with van der Waals surface area (Å²) in [5.41, 5.74) is 7.09. The molecule has 0 saturated carbocycles. The van der Waals surface area contributed by atoms with Crippen LogP contribution < -0.4 is 10.5 Å². The first-order valence-corrected chi connectivity index (χ1v) is 7.20. The van der Waals surface area contributed by atoms with Gasteiger partial charge in [0, 0.05) is 25.1 Å². The molecule has 2 aliphatic rings. The van der Waals surface area contributed by atoms with Crippen molar-refractivity contribution < 1.29 is 14.6 Å². The van der Waals surface area contributed by atoms with E-state index < -0.39 is 5.60 Å². The average Bonchev–Trinajstić information content (AvgIpc) is 2.86. The van der Waals surface area contributed by atoms with Gasteiger partial charge in [0.1, 0.15) is 5.75 Å². The van der Waals surface area contributed by atoms with Crippen LogP contribution in [0.4, 0.5) is 0 Å². The predicted molar refractivity (Wildman–Crippen MR) is 79.5 cm³/mol. The van der Waals surface area contributed by atoms with E-state index in [2.05, 4.69) is 0 Å². The Kier molecular flexibility index (Phi) is 3.17. The van der Waals surface area contributed by atoms with E-state index >= 15 is 0 Å². The second kappa shape index (κ2) is 4.77. The molecule has 21 heavy (non-hydrogen) atoms. The molecule has 2 aliphatic heterocycles. The Morgan fingerprint density at radius 3 is 2.81 bits per heavy atom. The minimum absolute atomic E-state index is 0.0401. The highest BCUT2D eigenvalue weighted by atomic mass is 16.5.